The molecule has 56 heavy (non-hydrogen) atoms. The number of halogens is 2. The third-order valence-corrected chi connectivity index (χ3v) is 9.72. The van der Waals surface area contributed by atoms with Gasteiger partial charge in [-0.3, -0.25) is 44.5 Å². The van der Waals surface area contributed by atoms with Gasteiger partial charge in [-0.15, -0.1) is 0 Å². The zero-order chi connectivity index (χ0) is 42.5. The fourth-order valence-electron chi connectivity index (χ4n) is 5.55. The Balaban J connectivity index is 0.000000320. The fourth-order valence-corrected chi connectivity index (χ4v) is 6.30. The van der Waals surface area contributed by atoms with Crippen LogP contribution in [0.5, 0.6) is 0 Å². The van der Waals surface area contributed by atoms with E-state index in [4.69, 9.17) is 42.8 Å². The topological polar surface area (TPSA) is 269 Å². The average Bonchev–Trinajstić information content (AvgIpc) is 3.38. The van der Waals surface area contributed by atoms with Crippen molar-refractivity contribution in [2.75, 3.05) is 29.7 Å². The summed E-state index contributed by atoms with van der Waals surface area (Å²) in [7, 11) is -4.10. The van der Waals surface area contributed by atoms with Gasteiger partial charge in [0.25, 0.3) is 17.5 Å². The van der Waals surface area contributed by atoms with Crippen molar-refractivity contribution in [3.63, 3.8) is 0 Å². The Bertz CT molecular complexity index is 1930. The molecular formula is C35H44Cl2N5O13P. The van der Waals surface area contributed by atoms with Crippen molar-refractivity contribution < 1.29 is 53.2 Å². The van der Waals surface area contributed by atoms with Crippen molar-refractivity contribution in [1.82, 2.24) is 5.32 Å². The van der Waals surface area contributed by atoms with Gasteiger partial charge in [0.05, 0.1) is 35.0 Å². The molecule has 0 aromatic heterocycles. The SMILES string of the molecule is CCC(CC)Nc1c([N+](=O)[O-])cc(C)c(C)c1[N+](=O)[O-].CCOC(=O)/C(Cl)=C/c1cc(N2C(=O)C3=C(CCCC3)C2=O)ccc1Cl.O=C(O)CNCP(=O)(O)O. The summed E-state index contributed by atoms with van der Waals surface area (Å²) in [6, 6.07) is 6.09. The predicted octanol–water partition coefficient (Wildman–Crippen LogP) is 6.74. The van der Waals surface area contributed by atoms with Gasteiger partial charge in [-0.05, 0) is 94.7 Å². The van der Waals surface area contributed by atoms with Crippen LogP contribution in [-0.2, 0) is 28.5 Å². The highest BCUT2D eigenvalue weighted by Crippen LogP contribution is 2.40. The van der Waals surface area contributed by atoms with Crippen LogP contribution in [0.2, 0.25) is 5.02 Å². The van der Waals surface area contributed by atoms with Gasteiger partial charge in [0.15, 0.2) is 5.69 Å². The smallest absolute Gasteiger partial charge is 0.349 e. The van der Waals surface area contributed by atoms with Crippen LogP contribution in [-0.4, -0.2) is 74.0 Å². The molecule has 2 amide bonds. The van der Waals surface area contributed by atoms with E-state index in [-0.39, 0.29) is 46.6 Å². The van der Waals surface area contributed by atoms with E-state index >= 15 is 0 Å². The van der Waals surface area contributed by atoms with Gasteiger partial charge in [-0.2, -0.15) is 0 Å². The molecule has 0 fully saturated rings. The first-order valence-electron chi connectivity index (χ1n) is 17.3. The van der Waals surface area contributed by atoms with Crippen molar-refractivity contribution in [3.05, 3.63) is 82.4 Å². The number of nitrogens with zero attached hydrogens (tertiary/aromatic N) is 3. The first-order chi connectivity index (χ1) is 26.2. The zero-order valence-electron chi connectivity index (χ0n) is 31.3. The standard InChI is InChI=1S/C19H17Cl2NO4.C13H19N3O4.C3H8NO5P/c1-2-26-19(25)16(21)10-11-9-12(7-8-15(11)20)22-17(23)13-5-3-4-6-14(13)18(22)24;1-5-10(6-2)14-12-11(15(17)18)7-8(3)9(4)13(12)16(19)20;5-3(6)1-4-2-10(7,8)9/h7-10H,2-6H2,1H3;7,10,14H,5-6H2,1-4H3;4H,1-2H2,(H,5,6)(H2,7,8,9)/b16-10-;;. The first-order valence-corrected chi connectivity index (χ1v) is 19.8. The molecule has 2 aromatic carbocycles. The van der Waals surface area contributed by atoms with Gasteiger partial charge in [0, 0.05) is 33.8 Å². The lowest BCUT2D eigenvalue weighted by atomic mass is 9.93. The van der Waals surface area contributed by atoms with Crippen LogP contribution in [0.3, 0.4) is 0 Å². The highest BCUT2D eigenvalue weighted by molar-refractivity contribution is 7.51. The minimum absolute atomic E-state index is 0.0109. The predicted molar refractivity (Wildman–Crippen MR) is 210 cm³/mol. The summed E-state index contributed by atoms with van der Waals surface area (Å²) < 4.78 is 14.9. The number of rotatable bonds is 14. The van der Waals surface area contributed by atoms with Crippen molar-refractivity contribution >= 4 is 83.4 Å². The Morgan fingerprint density at radius 2 is 1.59 bits per heavy atom. The monoisotopic (exact) mass is 843 g/mol. The maximum atomic E-state index is 12.7. The second kappa shape index (κ2) is 21.6. The van der Waals surface area contributed by atoms with E-state index in [1.807, 2.05) is 13.8 Å². The highest BCUT2D eigenvalue weighted by Gasteiger charge is 2.39. The molecule has 2 aliphatic rings. The lowest BCUT2D eigenvalue weighted by Crippen LogP contribution is -2.31. The number of carbonyl (C=O) groups is 4. The number of esters is 1. The molecule has 1 aliphatic heterocycles. The molecule has 0 atom stereocenters. The number of hydrogen-bond acceptors (Lipinski definition) is 12. The maximum Gasteiger partial charge on any atom is 0.349 e. The van der Waals surface area contributed by atoms with Crippen LogP contribution in [0.1, 0.15) is 76.0 Å². The van der Waals surface area contributed by atoms with Gasteiger partial charge in [-0.25, -0.2) is 9.69 Å². The molecule has 0 saturated carbocycles. The average molecular weight is 845 g/mol. The van der Waals surface area contributed by atoms with Crippen LogP contribution < -0.4 is 15.5 Å². The number of imide groups is 1. The van der Waals surface area contributed by atoms with E-state index in [1.54, 1.807) is 39.0 Å². The van der Waals surface area contributed by atoms with Crippen LogP contribution in [0.4, 0.5) is 22.7 Å². The molecule has 0 saturated heterocycles. The van der Waals surface area contributed by atoms with Crippen molar-refractivity contribution in [2.45, 2.75) is 79.2 Å². The number of carboxylic acids is 1. The van der Waals surface area contributed by atoms with E-state index in [2.05, 4.69) is 10.6 Å². The molecule has 0 spiro atoms. The Morgan fingerprint density at radius 1 is 1.02 bits per heavy atom. The van der Waals surface area contributed by atoms with Gasteiger partial charge in [0.1, 0.15) is 5.03 Å². The highest BCUT2D eigenvalue weighted by atomic mass is 35.5. The molecule has 306 valence electrons. The van der Waals surface area contributed by atoms with Gasteiger partial charge >= 0.3 is 25.2 Å². The fraction of sp³-hybridized carbons (Fsp3) is 0.429. The second-order valence-corrected chi connectivity index (χ2v) is 14.9. The number of ether oxygens (including phenoxy) is 1. The van der Waals surface area contributed by atoms with E-state index in [0.29, 0.717) is 51.4 Å². The van der Waals surface area contributed by atoms with E-state index in [9.17, 15) is 44.0 Å². The molecule has 0 radical (unpaired) electrons. The summed E-state index contributed by atoms with van der Waals surface area (Å²) in [4.78, 5) is 85.6. The van der Waals surface area contributed by atoms with Gasteiger partial charge in [-0.1, -0.05) is 37.0 Å². The van der Waals surface area contributed by atoms with Crippen LogP contribution in [0.25, 0.3) is 6.08 Å². The number of nitro benzene ring substituents is 2. The minimum Gasteiger partial charge on any atom is -0.480 e. The summed E-state index contributed by atoms with van der Waals surface area (Å²) in [6.45, 7) is 8.54. The molecular weight excluding hydrogens is 800 g/mol. The third kappa shape index (κ3) is 13.2. The van der Waals surface area contributed by atoms with E-state index in [0.717, 1.165) is 25.7 Å². The summed E-state index contributed by atoms with van der Waals surface area (Å²) >= 11 is 12.1. The molecule has 2 aromatic rings. The van der Waals surface area contributed by atoms with Crippen molar-refractivity contribution in [2.24, 2.45) is 0 Å². The molecule has 18 nitrogen and oxygen atoms in total. The van der Waals surface area contributed by atoms with E-state index in [1.165, 1.54) is 17.0 Å². The number of aliphatic carboxylic acids is 1. The molecule has 4 rings (SSSR count). The number of amides is 2. The lowest BCUT2D eigenvalue weighted by molar-refractivity contribution is -0.392. The Kier molecular flexibility index (Phi) is 18.3. The Labute approximate surface area is 332 Å². The third-order valence-electron chi connectivity index (χ3n) is 8.48. The number of carbonyl (C=O) groups excluding carboxylic acids is 3. The van der Waals surface area contributed by atoms with Crippen LogP contribution >= 0.6 is 30.8 Å². The summed E-state index contributed by atoms with van der Waals surface area (Å²) in [6.07, 6.45) is 5.32. The second-order valence-electron chi connectivity index (χ2n) is 12.4. The van der Waals surface area contributed by atoms with E-state index < -0.39 is 42.2 Å². The molecule has 0 bridgehead atoms. The molecule has 0 unspecified atom stereocenters. The zero-order valence-corrected chi connectivity index (χ0v) is 33.7. The van der Waals surface area contributed by atoms with Crippen LogP contribution in [0.15, 0.2) is 40.4 Å². The quantitative estimate of drug-likeness (QED) is 0.0329. The largest absolute Gasteiger partial charge is 0.480 e. The van der Waals surface area contributed by atoms with Crippen LogP contribution in [0, 0.1) is 34.1 Å². The molecule has 21 heteroatoms. The van der Waals surface area contributed by atoms with Crippen molar-refractivity contribution in [1.29, 1.82) is 0 Å². The number of nitro groups is 2. The number of nitrogens with one attached hydrogen (secondary N) is 2. The number of anilines is 2. The number of aryl methyl sites for hydroxylation is 1. The molecule has 5 N–H and O–H groups in total. The summed E-state index contributed by atoms with van der Waals surface area (Å²) in [5, 5.41) is 35.7. The summed E-state index contributed by atoms with van der Waals surface area (Å²) in [5.74, 6) is -2.37. The van der Waals surface area contributed by atoms with Gasteiger partial charge < -0.3 is 24.9 Å². The lowest BCUT2D eigenvalue weighted by Gasteiger charge is -2.17. The normalized spacial score (nSPS) is 14.0. The van der Waals surface area contributed by atoms with Crippen molar-refractivity contribution in [3.8, 4) is 0 Å². The molecule has 1 aliphatic carbocycles. The van der Waals surface area contributed by atoms with Gasteiger partial charge in [0.2, 0.25) is 0 Å². The number of benzene rings is 2. The minimum atomic E-state index is -4.10. The molecule has 1 heterocycles. The number of hydrogen-bond donors (Lipinski definition) is 5. The first kappa shape index (κ1) is 47.4. The Hall–Kier alpha value is -4.71. The maximum absolute atomic E-state index is 12.7. The summed E-state index contributed by atoms with van der Waals surface area (Å²) in [5.41, 5.74) is 2.60. The Morgan fingerprint density at radius 3 is 2.05 bits per heavy atom. The number of carboxylic acid groups (broad SMARTS) is 1.